The van der Waals surface area contributed by atoms with Crippen LogP contribution in [0.25, 0.3) is 10.6 Å². The molecule has 1 N–H and O–H groups in total. The maximum atomic E-state index is 12.3. The summed E-state index contributed by atoms with van der Waals surface area (Å²) in [6, 6.07) is 7.16. The topological polar surface area (TPSA) is 85.4 Å². The number of carbonyl (C=O) groups excluding carboxylic acids is 1. The van der Waals surface area contributed by atoms with Gasteiger partial charge in [0.25, 0.3) is 5.91 Å². The zero-order valence-corrected chi connectivity index (χ0v) is 18.2. The molecule has 1 aromatic heterocycles. The number of hydrogen-bond acceptors (Lipinski definition) is 6. The molecular weight excluding hydrogens is 396 g/mol. The van der Waals surface area contributed by atoms with Crippen LogP contribution in [-0.2, 0) is 20.0 Å². The molecule has 6 nitrogen and oxygen atoms in total. The van der Waals surface area contributed by atoms with Crippen molar-refractivity contribution >= 4 is 27.1 Å². The maximum absolute atomic E-state index is 12.3. The Labute approximate surface area is 170 Å². The Hall–Kier alpha value is -1.93. The molecule has 0 saturated carbocycles. The summed E-state index contributed by atoms with van der Waals surface area (Å²) in [5.41, 5.74) is 2.08. The molecule has 0 spiro atoms. The van der Waals surface area contributed by atoms with Crippen LogP contribution in [0.15, 0.2) is 29.6 Å². The predicted molar refractivity (Wildman–Crippen MR) is 112 cm³/mol. The standard InChI is InChI=1S/C20H26N2O4S2/c1-13(18(23)21-15-9-10-28(24,25)12-15)26-16-7-5-14(6-8-16)19-22-17(11-27-19)20(2,3)4/h5-8,11,13,15H,9-10,12H2,1-4H3,(H,21,23)/t13-,15+/m1/s1. The Kier molecular flexibility index (Phi) is 5.82. The van der Waals surface area contributed by atoms with Crippen molar-refractivity contribution in [2.24, 2.45) is 0 Å². The molecule has 8 heteroatoms. The third-order valence-corrected chi connectivity index (χ3v) is 7.29. The van der Waals surface area contributed by atoms with Crippen LogP contribution in [0, 0.1) is 0 Å². The minimum Gasteiger partial charge on any atom is -0.481 e. The third kappa shape index (κ3) is 5.11. The summed E-state index contributed by atoms with van der Waals surface area (Å²) in [4.78, 5) is 17.0. The van der Waals surface area contributed by atoms with Crippen LogP contribution in [0.1, 0.15) is 39.8 Å². The minimum atomic E-state index is -3.02. The second-order valence-corrected chi connectivity index (χ2v) is 11.3. The van der Waals surface area contributed by atoms with Gasteiger partial charge in [-0.3, -0.25) is 4.79 Å². The second-order valence-electron chi connectivity index (χ2n) is 8.18. The van der Waals surface area contributed by atoms with E-state index in [2.05, 4.69) is 31.5 Å². The lowest BCUT2D eigenvalue weighted by molar-refractivity contribution is -0.127. The zero-order valence-electron chi connectivity index (χ0n) is 16.6. The van der Waals surface area contributed by atoms with E-state index in [0.29, 0.717) is 12.2 Å². The van der Waals surface area contributed by atoms with Gasteiger partial charge >= 0.3 is 0 Å². The molecule has 0 unspecified atom stereocenters. The highest BCUT2D eigenvalue weighted by Crippen LogP contribution is 2.30. The molecule has 0 radical (unpaired) electrons. The summed E-state index contributed by atoms with van der Waals surface area (Å²) in [6.45, 7) is 8.06. The monoisotopic (exact) mass is 422 g/mol. The number of aromatic nitrogens is 1. The fourth-order valence-corrected chi connectivity index (χ4v) is 5.64. The molecule has 1 amide bonds. The van der Waals surface area contributed by atoms with Crippen molar-refractivity contribution in [3.05, 3.63) is 35.3 Å². The number of hydrogen-bond donors (Lipinski definition) is 1. The molecule has 0 bridgehead atoms. The zero-order chi connectivity index (χ0) is 20.5. The molecule has 2 heterocycles. The van der Waals surface area contributed by atoms with Crippen molar-refractivity contribution < 1.29 is 17.9 Å². The number of benzene rings is 1. The fraction of sp³-hybridized carbons (Fsp3) is 0.500. The van der Waals surface area contributed by atoms with E-state index >= 15 is 0 Å². The molecule has 0 aliphatic carbocycles. The number of rotatable bonds is 5. The van der Waals surface area contributed by atoms with Gasteiger partial charge in [0.1, 0.15) is 10.8 Å². The molecule has 3 rings (SSSR count). The average molecular weight is 423 g/mol. The lowest BCUT2D eigenvalue weighted by atomic mass is 9.93. The predicted octanol–water partition coefficient (Wildman–Crippen LogP) is 3.18. The molecule has 1 aliphatic heterocycles. The number of thiazole rings is 1. The van der Waals surface area contributed by atoms with Crippen LogP contribution >= 0.6 is 11.3 Å². The third-order valence-electron chi connectivity index (χ3n) is 4.63. The Bertz CT molecular complexity index is 943. The SMILES string of the molecule is C[C@@H](Oc1ccc(-c2nc(C(C)(C)C)cs2)cc1)C(=O)N[C@H]1CCS(=O)(=O)C1. The van der Waals surface area contributed by atoms with Gasteiger partial charge in [0.05, 0.1) is 17.2 Å². The highest BCUT2D eigenvalue weighted by Gasteiger charge is 2.30. The summed E-state index contributed by atoms with van der Waals surface area (Å²) >= 11 is 1.61. The molecule has 28 heavy (non-hydrogen) atoms. The average Bonchev–Trinajstić information content (AvgIpc) is 3.22. The van der Waals surface area contributed by atoms with Crippen molar-refractivity contribution in [3.8, 4) is 16.3 Å². The summed E-state index contributed by atoms with van der Waals surface area (Å²) < 4.78 is 28.7. The number of sulfone groups is 1. The smallest absolute Gasteiger partial charge is 0.261 e. The van der Waals surface area contributed by atoms with E-state index in [4.69, 9.17) is 9.72 Å². The summed E-state index contributed by atoms with van der Waals surface area (Å²) in [6.07, 6.45) is -0.249. The quantitative estimate of drug-likeness (QED) is 0.800. The first-order valence-corrected chi connectivity index (χ1v) is 12.0. The number of amides is 1. The van der Waals surface area contributed by atoms with Crippen molar-refractivity contribution in [3.63, 3.8) is 0 Å². The highest BCUT2D eigenvalue weighted by molar-refractivity contribution is 7.91. The van der Waals surface area contributed by atoms with Crippen LogP contribution in [0.3, 0.4) is 0 Å². The van der Waals surface area contributed by atoms with Crippen LogP contribution in [0.2, 0.25) is 0 Å². The van der Waals surface area contributed by atoms with Crippen LogP contribution in [-0.4, -0.2) is 43.0 Å². The molecule has 1 aromatic carbocycles. The lowest BCUT2D eigenvalue weighted by Crippen LogP contribution is -2.43. The van der Waals surface area contributed by atoms with Gasteiger partial charge < -0.3 is 10.1 Å². The van der Waals surface area contributed by atoms with Gasteiger partial charge in [0, 0.05) is 22.4 Å². The van der Waals surface area contributed by atoms with Crippen molar-refractivity contribution in [2.75, 3.05) is 11.5 Å². The molecule has 152 valence electrons. The highest BCUT2D eigenvalue weighted by atomic mass is 32.2. The fourth-order valence-electron chi connectivity index (χ4n) is 2.91. The van der Waals surface area contributed by atoms with E-state index in [1.807, 2.05) is 24.3 Å². The number of carbonyl (C=O) groups is 1. The van der Waals surface area contributed by atoms with Gasteiger partial charge in [-0.15, -0.1) is 11.3 Å². The number of nitrogens with one attached hydrogen (secondary N) is 1. The lowest BCUT2D eigenvalue weighted by Gasteiger charge is -2.17. The molecule has 2 aromatic rings. The first-order chi connectivity index (χ1) is 13.0. The van der Waals surface area contributed by atoms with Gasteiger partial charge in [-0.2, -0.15) is 0 Å². The van der Waals surface area contributed by atoms with Crippen molar-refractivity contribution in [1.82, 2.24) is 10.3 Å². The summed E-state index contributed by atoms with van der Waals surface area (Å²) in [5.74, 6) is 0.409. The summed E-state index contributed by atoms with van der Waals surface area (Å²) in [5, 5.41) is 5.78. The summed E-state index contributed by atoms with van der Waals surface area (Å²) in [7, 11) is -3.02. The molecule has 1 fully saturated rings. The second kappa shape index (κ2) is 7.83. The maximum Gasteiger partial charge on any atom is 0.261 e. The van der Waals surface area contributed by atoms with E-state index in [-0.39, 0.29) is 28.9 Å². The van der Waals surface area contributed by atoms with Gasteiger partial charge in [-0.25, -0.2) is 13.4 Å². The Morgan fingerprint density at radius 1 is 1.29 bits per heavy atom. The molecular formula is C20H26N2O4S2. The molecule has 1 saturated heterocycles. The normalized spacial score (nSPS) is 19.9. The van der Waals surface area contributed by atoms with Gasteiger partial charge in [0.15, 0.2) is 15.9 Å². The van der Waals surface area contributed by atoms with Crippen LogP contribution in [0.4, 0.5) is 0 Å². The largest absolute Gasteiger partial charge is 0.481 e. The van der Waals surface area contributed by atoms with Crippen molar-refractivity contribution in [2.45, 2.75) is 51.7 Å². The van der Waals surface area contributed by atoms with Crippen LogP contribution < -0.4 is 10.1 Å². The Morgan fingerprint density at radius 2 is 1.96 bits per heavy atom. The van der Waals surface area contributed by atoms with Gasteiger partial charge in [-0.1, -0.05) is 20.8 Å². The minimum absolute atomic E-state index is 0.00449. The van der Waals surface area contributed by atoms with E-state index in [9.17, 15) is 13.2 Å². The van der Waals surface area contributed by atoms with Crippen molar-refractivity contribution in [1.29, 1.82) is 0 Å². The Balaban J connectivity index is 1.59. The van der Waals surface area contributed by atoms with E-state index in [0.717, 1.165) is 16.3 Å². The first kappa shape index (κ1) is 20.8. The van der Waals surface area contributed by atoms with Gasteiger partial charge in [0.2, 0.25) is 0 Å². The van der Waals surface area contributed by atoms with E-state index < -0.39 is 15.9 Å². The van der Waals surface area contributed by atoms with E-state index in [1.165, 1.54) is 0 Å². The Morgan fingerprint density at radius 3 is 2.50 bits per heavy atom. The van der Waals surface area contributed by atoms with E-state index in [1.54, 1.807) is 18.3 Å². The van der Waals surface area contributed by atoms with Crippen LogP contribution in [0.5, 0.6) is 5.75 Å². The first-order valence-electron chi connectivity index (χ1n) is 9.27. The number of nitrogens with zero attached hydrogens (tertiary/aromatic N) is 1. The molecule has 1 aliphatic rings. The number of ether oxygens (including phenoxy) is 1. The molecule has 2 atom stereocenters. The van der Waals surface area contributed by atoms with Gasteiger partial charge in [-0.05, 0) is 37.6 Å².